The van der Waals surface area contributed by atoms with Crippen LogP contribution in [-0.2, 0) is 11.2 Å². The SMILES string of the molecule is c1sc(CC2CNCCO2)nc1C1CCCCC1. The van der Waals surface area contributed by atoms with Crippen molar-refractivity contribution in [2.45, 2.75) is 50.5 Å². The van der Waals surface area contributed by atoms with Gasteiger partial charge < -0.3 is 10.1 Å². The van der Waals surface area contributed by atoms with Gasteiger partial charge in [-0.2, -0.15) is 0 Å². The van der Waals surface area contributed by atoms with Crippen molar-refractivity contribution in [3.05, 3.63) is 16.1 Å². The summed E-state index contributed by atoms with van der Waals surface area (Å²) in [5.74, 6) is 0.731. The summed E-state index contributed by atoms with van der Waals surface area (Å²) in [6, 6.07) is 0. The van der Waals surface area contributed by atoms with Gasteiger partial charge in [0.1, 0.15) is 0 Å². The molecule has 0 aromatic carbocycles. The molecule has 2 heterocycles. The lowest BCUT2D eigenvalue weighted by molar-refractivity contribution is 0.0292. The minimum atomic E-state index is 0.323. The van der Waals surface area contributed by atoms with Gasteiger partial charge in [0, 0.05) is 30.8 Å². The Bertz CT molecular complexity index is 368. The van der Waals surface area contributed by atoms with Gasteiger partial charge in [-0.3, -0.25) is 0 Å². The molecule has 1 atom stereocenters. The van der Waals surface area contributed by atoms with Crippen LogP contribution in [0.5, 0.6) is 0 Å². The number of ether oxygens (including phenoxy) is 1. The number of nitrogens with zero attached hydrogens (tertiary/aromatic N) is 1. The lowest BCUT2D eigenvalue weighted by atomic mass is 9.87. The Morgan fingerprint density at radius 3 is 3.00 bits per heavy atom. The molecule has 3 nitrogen and oxygen atoms in total. The van der Waals surface area contributed by atoms with Crippen LogP contribution < -0.4 is 5.32 Å². The van der Waals surface area contributed by atoms with E-state index in [1.807, 2.05) is 11.3 Å². The van der Waals surface area contributed by atoms with Crippen molar-refractivity contribution in [3.63, 3.8) is 0 Å². The number of morpholine rings is 1. The highest BCUT2D eigenvalue weighted by molar-refractivity contribution is 7.09. The Kier molecular flexibility index (Phi) is 4.28. The van der Waals surface area contributed by atoms with E-state index in [4.69, 9.17) is 9.72 Å². The van der Waals surface area contributed by atoms with Crippen molar-refractivity contribution in [3.8, 4) is 0 Å². The predicted octanol–water partition coefficient (Wildman–Crippen LogP) is 2.72. The van der Waals surface area contributed by atoms with Crippen molar-refractivity contribution >= 4 is 11.3 Å². The zero-order valence-corrected chi connectivity index (χ0v) is 11.7. The molecule has 1 saturated heterocycles. The van der Waals surface area contributed by atoms with Crippen molar-refractivity contribution in [1.82, 2.24) is 10.3 Å². The Balaban J connectivity index is 1.58. The fourth-order valence-corrected chi connectivity index (χ4v) is 3.89. The minimum absolute atomic E-state index is 0.323. The molecular weight excluding hydrogens is 244 g/mol. The number of hydrogen-bond donors (Lipinski definition) is 1. The van der Waals surface area contributed by atoms with Crippen LogP contribution in [0.3, 0.4) is 0 Å². The van der Waals surface area contributed by atoms with Gasteiger partial charge in [-0.15, -0.1) is 11.3 Å². The van der Waals surface area contributed by atoms with Crippen molar-refractivity contribution in [2.75, 3.05) is 19.7 Å². The molecule has 0 spiro atoms. The Hall–Kier alpha value is -0.450. The average Bonchev–Trinajstić information content (AvgIpc) is 2.89. The summed E-state index contributed by atoms with van der Waals surface area (Å²) in [4.78, 5) is 4.84. The van der Waals surface area contributed by atoms with E-state index in [1.54, 1.807) is 0 Å². The molecule has 18 heavy (non-hydrogen) atoms. The summed E-state index contributed by atoms with van der Waals surface area (Å²) in [5.41, 5.74) is 1.35. The third kappa shape index (κ3) is 3.11. The summed E-state index contributed by atoms with van der Waals surface area (Å²) in [6.45, 7) is 2.80. The van der Waals surface area contributed by atoms with E-state index in [-0.39, 0.29) is 0 Å². The van der Waals surface area contributed by atoms with E-state index in [0.717, 1.165) is 32.0 Å². The second kappa shape index (κ2) is 6.13. The first-order valence-corrected chi connectivity index (χ1v) is 8.06. The van der Waals surface area contributed by atoms with Crippen LogP contribution in [0.2, 0.25) is 0 Å². The predicted molar refractivity (Wildman–Crippen MR) is 74.3 cm³/mol. The van der Waals surface area contributed by atoms with E-state index < -0.39 is 0 Å². The molecular formula is C14H22N2OS. The van der Waals surface area contributed by atoms with E-state index in [9.17, 15) is 0 Å². The molecule has 1 saturated carbocycles. The van der Waals surface area contributed by atoms with Gasteiger partial charge in [0.15, 0.2) is 0 Å². The maximum absolute atomic E-state index is 5.74. The lowest BCUT2D eigenvalue weighted by Crippen LogP contribution is -2.39. The van der Waals surface area contributed by atoms with E-state index >= 15 is 0 Å². The Morgan fingerprint density at radius 1 is 1.33 bits per heavy atom. The monoisotopic (exact) mass is 266 g/mol. The summed E-state index contributed by atoms with van der Waals surface area (Å²) in [5, 5.41) is 6.91. The normalized spacial score (nSPS) is 26.3. The molecule has 2 aliphatic rings. The van der Waals surface area contributed by atoms with Gasteiger partial charge >= 0.3 is 0 Å². The highest BCUT2D eigenvalue weighted by Crippen LogP contribution is 2.33. The van der Waals surface area contributed by atoms with Gasteiger partial charge in [-0.1, -0.05) is 19.3 Å². The minimum Gasteiger partial charge on any atom is -0.375 e. The summed E-state index contributed by atoms with van der Waals surface area (Å²) in [7, 11) is 0. The molecule has 3 rings (SSSR count). The van der Waals surface area contributed by atoms with Crippen LogP contribution in [0.4, 0.5) is 0 Å². The molecule has 1 aromatic rings. The molecule has 0 bridgehead atoms. The van der Waals surface area contributed by atoms with Crippen molar-refractivity contribution in [1.29, 1.82) is 0 Å². The molecule has 1 aliphatic carbocycles. The number of aromatic nitrogens is 1. The Labute approximate surface area is 113 Å². The topological polar surface area (TPSA) is 34.1 Å². The van der Waals surface area contributed by atoms with Crippen LogP contribution in [0.15, 0.2) is 5.38 Å². The standard InChI is InChI=1S/C14H22N2OS/c1-2-4-11(5-3-1)13-10-18-14(16-13)8-12-9-15-6-7-17-12/h10-12,15H,1-9H2. The zero-order chi connectivity index (χ0) is 12.2. The number of thiazole rings is 1. The molecule has 1 aromatic heterocycles. The first-order valence-electron chi connectivity index (χ1n) is 7.18. The van der Waals surface area contributed by atoms with E-state index in [0.29, 0.717) is 6.10 Å². The van der Waals surface area contributed by atoms with Crippen LogP contribution in [0.25, 0.3) is 0 Å². The largest absolute Gasteiger partial charge is 0.375 e. The third-order valence-corrected chi connectivity index (χ3v) is 4.89. The van der Waals surface area contributed by atoms with Crippen LogP contribution in [0.1, 0.15) is 48.7 Å². The van der Waals surface area contributed by atoms with Gasteiger partial charge in [0.05, 0.1) is 23.4 Å². The highest BCUT2D eigenvalue weighted by Gasteiger charge is 2.20. The summed E-state index contributed by atoms with van der Waals surface area (Å²) in [6.07, 6.45) is 8.15. The Morgan fingerprint density at radius 2 is 2.22 bits per heavy atom. The van der Waals surface area contributed by atoms with E-state index in [2.05, 4.69) is 10.7 Å². The fraction of sp³-hybridized carbons (Fsp3) is 0.786. The quantitative estimate of drug-likeness (QED) is 0.913. The molecule has 0 amide bonds. The van der Waals surface area contributed by atoms with Gasteiger partial charge in [0.25, 0.3) is 0 Å². The molecule has 4 heteroatoms. The van der Waals surface area contributed by atoms with Gasteiger partial charge in [0.2, 0.25) is 0 Å². The maximum Gasteiger partial charge on any atom is 0.0954 e. The average molecular weight is 266 g/mol. The van der Waals surface area contributed by atoms with Gasteiger partial charge in [-0.25, -0.2) is 4.98 Å². The smallest absolute Gasteiger partial charge is 0.0954 e. The maximum atomic E-state index is 5.74. The molecule has 2 fully saturated rings. The number of hydrogen-bond acceptors (Lipinski definition) is 4. The molecule has 100 valence electrons. The second-order valence-electron chi connectivity index (χ2n) is 5.40. The first-order chi connectivity index (χ1) is 8.92. The van der Waals surface area contributed by atoms with Gasteiger partial charge in [-0.05, 0) is 12.8 Å². The lowest BCUT2D eigenvalue weighted by Gasteiger charge is -2.22. The zero-order valence-electron chi connectivity index (χ0n) is 10.9. The molecule has 1 aliphatic heterocycles. The highest BCUT2D eigenvalue weighted by atomic mass is 32.1. The van der Waals surface area contributed by atoms with Crippen molar-refractivity contribution in [2.24, 2.45) is 0 Å². The van der Waals surface area contributed by atoms with Crippen LogP contribution >= 0.6 is 11.3 Å². The molecule has 1 unspecified atom stereocenters. The van der Waals surface area contributed by atoms with Crippen molar-refractivity contribution < 1.29 is 4.74 Å². The number of nitrogens with one attached hydrogen (secondary N) is 1. The third-order valence-electron chi connectivity index (χ3n) is 4.00. The van der Waals surface area contributed by atoms with Crippen LogP contribution in [0, 0.1) is 0 Å². The molecule has 0 radical (unpaired) electrons. The first kappa shape index (κ1) is 12.6. The fourth-order valence-electron chi connectivity index (χ4n) is 2.95. The van der Waals surface area contributed by atoms with E-state index in [1.165, 1.54) is 42.8 Å². The summed E-state index contributed by atoms with van der Waals surface area (Å²) < 4.78 is 5.74. The number of rotatable bonds is 3. The summed E-state index contributed by atoms with van der Waals surface area (Å²) >= 11 is 1.82. The van der Waals surface area contributed by atoms with Crippen LogP contribution in [-0.4, -0.2) is 30.8 Å². The molecule has 1 N–H and O–H groups in total. The second-order valence-corrected chi connectivity index (χ2v) is 6.34.